The van der Waals surface area contributed by atoms with Crippen molar-refractivity contribution in [3.05, 3.63) is 343 Å². The molecule has 0 unspecified atom stereocenters. The molecule has 6 heteroatoms. The normalized spacial score (nSPS) is 11.8. The summed E-state index contributed by atoms with van der Waals surface area (Å²) < 4.78 is 3.49. The van der Waals surface area contributed by atoms with Crippen molar-refractivity contribution in [1.29, 1.82) is 0 Å². The van der Waals surface area contributed by atoms with E-state index in [2.05, 4.69) is 269 Å². The van der Waals surface area contributed by atoms with Gasteiger partial charge in [0.05, 0.1) is 33.5 Å². The van der Waals surface area contributed by atoms with Crippen molar-refractivity contribution < 1.29 is 0 Å². The Labute approximate surface area is 556 Å². The highest BCUT2D eigenvalue weighted by atomic mass is 79.9. The predicted molar refractivity (Wildman–Crippen MR) is 403 cm³/mol. The zero-order chi connectivity index (χ0) is 62.9. The smallest absolute Gasteiger partial charge is 0.160 e. The lowest BCUT2D eigenvalue weighted by Crippen LogP contribution is -1.97. The van der Waals surface area contributed by atoms with E-state index in [1.54, 1.807) is 0 Å². The van der Waals surface area contributed by atoms with Crippen LogP contribution in [0.1, 0.15) is 11.1 Å². The second kappa shape index (κ2) is 23.3. The molecule has 5 nitrogen and oxygen atoms in total. The van der Waals surface area contributed by atoms with E-state index >= 15 is 0 Å². The van der Waals surface area contributed by atoms with Crippen LogP contribution in [0, 0.1) is 0 Å². The summed E-state index contributed by atoms with van der Waals surface area (Å²) in [7, 11) is 0. The third-order valence-electron chi connectivity index (χ3n) is 19.0. The molecule has 444 valence electrons. The maximum absolute atomic E-state index is 5.12. The first kappa shape index (κ1) is 55.8. The molecule has 3 heterocycles. The van der Waals surface area contributed by atoms with Gasteiger partial charge >= 0.3 is 0 Å². The Balaban J connectivity index is 0.000000115. The first-order chi connectivity index (χ1) is 47.1. The molecule has 16 aromatic carbocycles. The van der Waals surface area contributed by atoms with Crippen molar-refractivity contribution >= 4 is 124 Å². The molecule has 20 rings (SSSR count). The fourth-order valence-electron chi connectivity index (χ4n) is 14.7. The molecule has 0 N–H and O–H groups in total. The van der Waals surface area contributed by atoms with Gasteiger partial charge in [-0.2, -0.15) is 0 Å². The van der Waals surface area contributed by atoms with E-state index in [1.807, 2.05) is 78.9 Å². The van der Waals surface area contributed by atoms with Gasteiger partial charge in [-0.05, 0) is 143 Å². The predicted octanol–water partition coefficient (Wildman–Crippen LogP) is 24.0. The number of halogens is 1. The molecule has 0 radical (unpaired) electrons. The van der Waals surface area contributed by atoms with Crippen LogP contribution in [-0.4, -0.2) is 24.5 Å². The van der Waals surface area contributed by atoms with E-state index in [1.165, 1.54) is 109 Å². The molecule has 0 saturated carbocycles. The standard InChI is InChI=1S/C44H27N3.C25H16.C20H13BrN2/c1-2-13-29(14-3-1)42-35-18-8-10-20-38(35)45-44(46-42)30-22-25-31(26-23-30)47-39-21-11-9-19-36(39)41-34-17-7-6-16-33(34)40-32-15-5-4-12-28(32)24-27-37(40)43(41)47;1-3-9-18-16(7-1)13-14-22-23-15-17-8-2-4-10-19(17)25(23)21-12-6-5-11-20(21)24(18)22;21-16-12-10-15(11-13-16)20-22-18-9-5-4-8-17(18)19(23-20)14-6-2-1-3-7-14/h1-27H;1-14H,15H2;1-13H. The third kappa shape index (κ3) is 9.60. The lowest BCUT2D eigenvalue weighted by atomic mass is 9.89. The Bertz CT molecular complexity index is 6240. The molecular weight excluding hydrogens is 1220 g/mol. The van der Waals surface area contributed by atoms with Gasteiger partial charge in [0.1, 0.15) is 0 Å². The summed E-state index contributed by atoms with van der Waals surface area (Å²) in [6.45, 7) is 0. The number of fused-ring (bicyclic) bond motifs is 22. The van der Waals surface area contributed by atoms with Crippen LogP contribution in [0.25, 0.3) is 170 Å². The van der Waals surface area contributed by atoms with Crippen molar-refractivity contribution in [3.8, 4) is 62.1 Å². The van der Waals surface area contributed by atoms with Crippen LogP contribution in [0.15, 0.2) is 332 Å². The Morgan fingerprint density at radius 3 is 1.31 bits per heavy atom. The lowest BCUT2D eigenvalue weighted by Gasteiger charge is -2.14. The van der Waals surface area contributed by atoms with Crippen LogP contribution in [0.4, 0.5) is 0 Å². The number of hydrogen-bond donors (Lipinski definition) is 0. The highest BCUT2D eigenvalue weighted by molar-refractivity contribution is 9.10. The second-order valence-corrected chi connectivity index (χ2v) is 25.3. The van der Waals surface area contributed by atoms with Gasteiger partial charge in [-0.1, -0.05) is 289 Å². The first-order valence-electron chi connectivity index (χ1n) is 32.3. The fourth-order valence-corrected chi connectivity index (χ4v) is 15.0. The molecule has 0 spiro atoms. The summed E-state index contributed by atoms with van der Waals surface area (Å²) in [6, 6.07) is 116. The second-order valence-electron chi connectivity index (χ2n) is 24.4. The zero-order valence-corrected chi connectivity index (χ0v) is 53.1. The number of benzene rings is 16. The highest BCUT2D eigenvalue weighted by Crippen LogP contribution is 2.49. The molecule has 19 aromatic rings. The van der Waals surface area contributed by atoms with E-state index in [-0.39, 0.29) is 0 Å². The maximum atomic E-state index is 5.12. The van der Waals surface area contributed by atoms with Gasteiger partial charge in [-0.15, -0.1) is 0 Å². The van der Waals surface area contributed by atoms with Crippen LogP contribution in [-0.2, 0) is 6.42 Å². The van der Waals surface area contributed by atoms with Gasteiger partial charge in [0, 0.05) is 59.3 Å². The minimum Gasteiger partial charge on any atom is -0.309 e. The van der Waals surface area contributed by atoms with E-state index in [0.29, 0.717) is 0 Å². The van der Waals surface area contributed by atoms with Crippen LogP contribution in [0.3, 0.4) is 0 Å². The van der Waals surface area contributed by atoms with Crippen molar-refractivity contribution in [3.63, 3.8) is 0 Å². The van der Waals surface area contributed by atoms with Gasteiger partial charge < -0.3 is 4.57 Å². The Kier molecular flexibility index (Phi) is 13.7. The number of nitrogens with zero attached hydrogens (tertiary/aromatic N) is 5. The summed E-state index contributed by atoms with van der Waals surface area (Å²) in [5.41, 5.74) is 17.3. The average Bonchev–Trinajstić information content (AvgIpc) is 1.61. The van der Waals surface area contributed by atoms with Crippen molar-refractivity contribution in [1.82, 2.24) is 24.5 Å². The monoisotopic (exact) mass is 1270 g/mol. The van der Waals surface area contributed by atoms with Gasteiger partial charge in [-0.3, -0.25) is 0 Å². The van der Waals surface area contributed by atoms with Crippen molar-refractivity contribution in [2.75, 3.05) is 0 Å². The third-order valence-corrected chi connectivity index (χ3v) is 19.5. The molecular formula is C89H56BrN5. The van der Waals surface area contributed by atoms with E-state index in [0.717, 1.165) is 83.7 Å². The largest absolute Gasteiger partial charge is 0.309 e. The van der Waals surface area contributed by atoms with Gasteiger partial charge in [-0.25, -0.2) is 19.9 Å². The van der Waals surface area contributed by atoms with E-state index in [9.17, 15) is 0 Å². The molecule has 1 aliphatic rings. The van der Waals surface area contributed by atoms with Crippen LogP contribution < -0.4 is 0 Å². The molecule has 0 bridgehead atoms. The van der Waals surface area contributed by atoms with E-state index in [4.69, 9.17) is 19.9 Å². The summed E-state index contributed by atoms with van der Waals surface area (Å²) in [4.78, 5) is 19.7. The number of para-hydroxylation sites is 3. The summed E-state index contributed by atoms with van der Waals surface area (Å²) in [5.74, 6) is 1.47. The van der Waals surface area contributed by atoms with Crippen molar-refractivity contribution in [2.45, 2.75) is 6.42 Å². The molecule has 0 saturated heterocycles. The molecule has 3 aromatic heterocycles. The number of hydrogen-bond acceptors (Lipinski definition) is 4. The molecule has 95 heavy (non-hydrogen) atoms. The van der Waals surface area contributed by atoms with Crippen LogP contribution in [0.5, 0.6) is 0 Å². The summed E-state index contributed by atoms with van der Waals surface area (Å²) in [5, 5.41) is 20.5. The Morgan fingerprint density at radius 2 is 0.716 bits per heavy atom. The lowest BCUT2D eigenvalue weighted by molar-refractivity contribution is 1.18. The Morgan fingerprint density at radius 1 is 0.284 bits per heavy atom. The topological polar surface area (TPSA) is 56.5 Å². The molecule has 0 fully saturated rings. The van der Waals surface area contributed by atoms with Gasteiger partial charge in [0.25, 0.3) is 0 Å². The summed E-state index contributed by atoms with van der Waals surface area (Å²) >= 11 is 3.47. The summed E-state index contributed by atoms with van der Waals surface area (Å²) in [6.07, 6.45) is 1.03. The Hall–Kier alpha value is -12.0. The molecule has 0 atom stereocenters. The number of rotatable bonds is 5. The molecule has 0 amide bonds. The first-order valence-corrected chi connectivity index (χ1v) is 33.1. The highest BCUT2D eigenvalue weighted by Gasteiger charge is 2.25. The van der Waals surface area contributed by atoms with Crippen molar-refractivity contribution in [2.24, 2.45) is 0 Å². The fraction of sp³-hybridized carbons (Fsp3) is 0.0112. The van der Waals surface area contributed by atoms with Gasteiger partial charge in [0.15, 0.2) is 11.6 Å². The zero-order valence-electron chi connectivity index (χ0n) is 51.5. The SMILES string of the molecule is Brc1ccc(-c2nc(-c3ccccc3)c3ccccc3n2)cc1.c1ccc(-c2nc(-c3ccc(-n4c5ccccc5c5c6ccccc6c6c7ccccc7ccc6c54)cc3)nc3ccccc23)cc1.c1ccc2c(c1)Cc1c-2c2ccccc2c2c1ccc1ccccc12. The minimum absolute atomic E-state index is 0.722. The quantitative estimate of drug-likeness (QED) is 0.161. The minimum atomic E-state index is 0.722. The molecule has 0 aliphatic heterocycles. The number of aromatic nitrogens is 5. The maximum Gasteiger partial charge on any atom is 0.160 e. The van der Waals surface area contributed by atoms with E-state index < -0.39 is 0 Å². The van der Waals surface area contributed by atoms with Gasteiger partial charge in [0.2, 0.25) is 0 Å². The molecule has 1 aliphatic carbocycles. The average molecular weight is 1280 g/mol. The van der Waals surface area contributed by atoms with Crippen LogP contribution >= 0.6 is 15.9 Å². The van der Waals surface area contributed by atoms with Crippen LogP contribution in [0.2, 0.25) is 0 Å².